The molecular weight excluding hydrogens is 502 g/mol. The molecule has 0 aromatic heterocycles. The summed E-state index contributed by atoms with van der Waals surface area (Å²) in [5.74, 6) is -2.24. The maximum Gasteiger partial charge on any atom is 0.324 e. The third kappa shape index (κ3) is 12.6. The molecule has 3 unspecified atom stereocenters. The molecule has 1 rings (SSSR count). The second-order valence-corrected chi connectivity index (χ2v) is 10.8. The summed E-state index contributed by atoms with van der Waals surface area (Å²) in [5, 5.41) is 9.95. The zero-order valence-corrected chi connectivity index (χ0v) is 24.4. The maximum absolute atomic E-state index is 12.6. The molecule has 220 valence electrons. The summed E-state index contributed by atoms with van der Waals surface area (Å²) in [6.07, 6.45) is 3.89. The zero-order valence-electron chi connectivity index (χ0n) is 24.4. The van der Waals surface area contributed by atoms with Crippen LogP contribution in [-0.2, 0) is 30.3 Å². The Hall–Kier alpha value is -2.94. The number of hydrogen-bond donors (Lipinski definition) is 2. The van der Waals surface area contributed by atoms with E-state index in [-0.39, 0.29) is 61.4 Å². The predicted molar refractivity (Wildman–Crippen MR) is 148 cm³/mol. The third-order valence-electron chi connectivity index (χ3n) is 6.79. The van der Waals surface area contributed by atoms with E-state index in [1.165, 1.54) is 12.1 Å². The van der Waals surface area contributed by atoms with Crippen molar-refractivity contribution in [2.24, 2.45) is 17.6 Å². The second-order valence-electron chi connectivity index (χ2n) is 10.8. The van der Waals surface area contributed by atoms with Crippen LogP contribution < -0.4 is 15.2 Å². The van der Waals surface area contributed by atoms with Gasteiger partial charge in [0.05, 0.1) is 0 Å². The molecule has 0 saturated carbocycles. The van der Waals surface area contributed by atoms with Gasteiger partial charge in [0.25, 0.3) is 0 Å². The van der Waals surface area contributed by atoms with Gasteiger partial charge in [0, 0.05) is 32.1 Å². The lowest BCUT2D eigenvalue weighted by atomic mass is 9.86. The van der Waals surface area contributed by atoms with Crippen molar-refractivity contribution >= 4 is 23.9 Å². The van der Waals surface area contributed by atoms with Crippen molar-refractivity contribution < 1.29 is 38.5 Å². The van der Waals surface area contributed by atoms with Gasteiger partial charge in [0.15, 0.2) is 11.5 Å². The Morgan fingerprint density at radius 1 is 0.872 bits per heavy atom. The van der Waals surface area contributed by atoms with Gasteiger partial charge in [-0.25, -0.2) is 0 Å². The number of esters is 3. The van der Waals surface area contributed by atoms with E-state index in [1.54, 1.807) is 13.0 Å². The fraction of sp³-hybridized carbons (Fsp3) is 0.667. The minimum Gasteiger partial charge on any atom is -0.480 e. The molecule has 0 aliphatic rings. The van der Waals surface area contributed by atoms with Crippen LogP contribution in [0.1, 0.15) is 105 Å². The first-order chi connectivity index (χ1) is 18.3. The number of benzene rings is 1. The van der Waals surface area contributed by atoms with Crippen molar-refractivity contribution in [1.82, 2.24) is 0 Å². The summed E-state index contributed by atoms with van der Waals surface area (Å²) < 4.78 is 16.5. The SMILES string of the molecule is CCCCCC(=O)O[C@@H](C)CC(N)(Cc1ccc(OC(=O)CC(C)CC)c(OC(=O)CC(C)CC)c1)C(=O)O. The van der Waals surface area contributed by atoms with E-state index in [0.29, 0.717) is 12.0 Å². The van der Waals surface area contributed by atoms with Crippen molar-refractivity contribution in [2.45, 2.75) is 117 Å². The molecule has 0 amide bonds. The second kappa shape index (κ2) is 16.9. The lowest BCUT2D eigenvalue weighted by Crippen LogP contribution is -2.52. The number of unbranched alkanes of at least 4 members (excludes halogenated alkanes) is 2. The van der Waals surface area contributed by atoms with E-state index in [2.05, 4.69) is 0 Å². The van der Waals surface area contributed by atoms with E-state index in [9.17, 15) is 24.3 Å². The Bertz CT molecular complexity index is 962. The van der Waals surface area contributed by atoms with Gasteiger partial charge in [0.1, 0.15) is 11.6 Å². The Balaban J connectivity index is 3.14. The lowest BCUT2D eigenvalue weighted by molar-refractivity contribution is -0.153. The van der Waals surface area contributed by atoms with Crippen LogP contribution in [0.5, 0.6) is 11.5 Å². The smallest absolute Gasteiger partial charge is 0.324 e. The number of carboxylic acids is 1. The van der Waals surface area contributed by atoms with Crippen LogP contribution >= 0.6 is 0 Å². The van der Waals surface area contributed by atoms with Crippen LogP contribution in [0, 0.1) is 11.8 Å². The number of aliphatic carboxylic acids is 1. The molecule has 9 nitrogen and oxygen atoms in total. The van der Waals surface area contributed by atoms with Gasteiger partial charge >= 0.3 is 23.9 Å². The predicted octanol–water partition coefficient (Wildman–Crippen LogP) is 5.60. The van der Waals surface area contributed by atoms with Crippen LogP contribution in [0.15, 0.2) is 18.2 Å². The maximum atomic E-state index is 12.6. The van der Waals surface area contributed by atoms with E-state index >= 15 is 0 Å². The fourth-order valence-electron chi connectivity index (χ4n) is 3.97. The number of nitrogens with two attached hydrogens (primary N) is 1. The van der Waals surface area contributed by atoms with E-state index in [4.69, 9.17) is 19.9 Å². The standard InChI is InChI=1S/C30H47NO8/c1-7-10-11-12-26(32)37-22(6)18-30(31,29(35)36)19-23-13-14-24(38-27(33)15-20(4)8-2)25(17-23)39-28(34)16-21(5)9-3/h13-14,17,20-22H,7-12,15-16,18-19,31H2,1-6H3,(H,35,36)/t20?,21?,22-,30?/m0/s1. The number of carbonyl (C=O) groups excluding carboxylic acids is 3. The molecule has 0 fully saturated rings. The molecule has 1 aromatic carbocycles. The molecule has 1 aromatic rings. The van der Waals surface area contributed by atoms with Gasteiger partial charge in [-0.05, 0) is 42.9 Å². The first-order valence-corrected chi connectivity index (χ1v) is 14.1. The summed E-state index contributed by atoms with van der Waals surface area (Å²) in [6, 6.07) is 4.55. The van der Waals surface area contributed by atoms with Crippen LogP contribution in [0.3, 0.4) is 0 Å². The molecule has 3 N–H and O–H groups in total. The lowest BCUT2D eigenvalue weighted by Gasteiger charge is -2.28. The molecule has 39 heavy (non-hydrogen) atoms. The van der Waals surface area contributed by atoms with E-state index in [1.807, 2.05) is 34.6 Å². The van der Waals surface area contributed by atoms with Gasteiger partial charge in [-0.2, -0.15) is 0 Å². The molecular formula is C30H47NO8. The normalized spacial score (nSPS) is 14.9. The summed E-state index contributed by atoms with van der Waals surface area (Å²) >= 11 is 0. The van der Waals surface area contributed by atoms with Crippen LogP contribution in [0.4, 0.5) is 0 Å². The number of hydrogen-bond acceptors (Lipinski definition) is 8. The third-order valence-corrected chi connectivity index (χ3v) is 6.79. The van der Waals surface area contributed by atoms with Crippen LogP contribution in [0.25, 0.3) is 0 Å². The highest BCUT2D eigenvalue weighted by Crippen LogP contribution is 2.32. The molecule has 0 spiro atoms. The molecule has 0 saturated heterocycles. The summed E-state index contributed by atoms with van der Waals surface area (Å²) in [4.78, 5) is 49.3. The highest BCUT2D eigenvalue weighted by atomic mass is 16.6. The van der Waals surface area contributed by atoms with Crippen molar-refractivity contribution in [3.05, 3.63) is 23.8 Å². The Morgan fingerprint density at radius 3 is 1.95 bits per heavy atom. The highest BCUT2D eigenvalue weighted by molar-refractivity contribution is 5.80. The van der Waals surface area contributed by atoms with Crippen molar-refractivity contribution in [3.8, 4) is 11.5 Å². The van der Waals surface area contributed by atoms with Crippen molar-refractivity contribution in [2.75, 3.05) is 0 Å². The van der Waals surface area contributed by atoms with Gasteiger partial charge in [-0.3, -0.25) is 19.2 Å². The zero-order chi connectivity index (χ0) is 29.6. The van der Waals surface area contributed by atoms with Crippen LogP contribution in [-0.4, -0.2) is 40.6 Å². The topological polar surface area (TPSA) is 142 Å². The fourth-order valence-corrected chi connectivity index (χ4v) is 3.97. The molecule has 0 aliphatic heterocycles. The van der Waals surface area contributed by atoms with Gasteiger partial charge in [0.2, 0.25) is 0 Å². The minimum absolute atomic E-state index is 0.0291. The molecule has 0 aliphatic carbocycles. The Morgan fingerprint density at radius 2 is 1.44 bits per heavy atom. The molecule has 0 heterocycles. The minimum atomic E-state index is -1.75. The largest absolute Gasteiger partial charge is 0.480 e. The van der Waals surface area contributed by atoms with Crippen molar-refractivity contribution in [1.29, 1.82) is 0 Å². The average molecular weight is 550 g/mol. The number of carbonyl (C=O) groups is 4. The first kappa shape index (κ1) is 34.1. The Kier molecular flexibility index (Phi) is 14.8. The van der Waals surface area contributed by atoms with Gasteiger partial charge in [-0.1, -0.05) is 66.4 Å². The number of ether oxygens (including phenoxy) is 3. The van der Waals surface area contributed by atoms with E-state index < -0.39 is 29.6 Å². The Labute approximate surface area is 232 Å². The van der Waals surface area contributed by atoms with E-state index in [0.717, 1.165) is 25.7 Å². The van der Waals surface area contributed by atoms with Crippen LogP contribution in [0.2, 0.25) is 0 Å². The molecule has 4 atom stereocenters. The summed E-state index contributed by atoms with van der Waals surface area (Å²) in [6.45, 7) is 11.5. The molecule has 0 radical (unpaired) electrons. The average Bonchev–Trinajstić information content (AvgIpc) is 2.85. The van der Waals surface area contributed by atoms with Gasteiger partial charge in [-0.15, -0.1) is 0 Å². The molecule has 0 bridgehead atoms. The monoisotopic (exact) mass is 549 g/mol. The summed E-state index contributed by atoms with van der Waals surface area (Å²) in [7, 11) is 0. The number of carboxylic acid groups (broad SMARTS) is 1. The quantitative estimate of drug-likeness (QED) is 0.136. The molecule has 9 heteroatoms. The van der Waals surface area contributed by atoms with Crippen molar-refractivity contribution in [3.63, 3.8) is 0 Å². The number of rotatable bonds is 18. The first-order valence-electron chi connectivity index (χ1n) is 14.1. The summed E-state index contributed by atoms with van der Waals surface area (Å²) in [5.41, 5.74) is 5.02. The van der Waals surface area contributed by atoms with Gasteiger partial charge < -0.3 is 25.1 Å². The highest BCUT2D eigenvalue weighted by Gasteiger charge is 2.37.